The molecule has 1 aromatic heterocycles. The number of nitrogens with zero attached hydrogens (tertiary/aromatic N) is 1. The van der Waals surface area contributed by atoms with E-state index in [0.29, 0.717) is 5.41 Å². The highest BCUT2D eigenvalue weighted by Crippen LogP contribution is 2.36. The van der Waals surface area contributed by atoms with Crippen molar-refractivity contribution in [1.82, 2.24) is 10.2 Å². The number of hydrogen-bond donors (Lipinski definition) is 1. The Balaban J connectivity index is 1.92. The molecule has 19 heavy (non-hydrogen) atoms. The number of halogens is 1. The minimum Gasteiger partial charge on any atom is -0.319 e. The predicted octanol–water partition coefficient (Wildman–Crippen LogP) is 4.11. The van der Waals surface area contributed by atoms with E-state index in [0.717, 1.165) is 13.1 Å². The van der Waals surface area contributed by atoms with E-state index in [-0.39, 0.29) is 0 Å². The van der Waals surface area contributed by atoms with E-state index in [2.05, 4.69) is 51.7 Å². The quantitative estimate of drug-likeness (QED) is 0.835. The molecule has 0 aliphatic heterocycles. The molecule has 2 rings (SSSR count). The summed E-state index contributed by atoms with van der Waals surface area (Å²) in [5.41, 5.74) is 1.92. The first-order chi connectivity index (χ1) is 9.13. The Morgan fingerprint density at radius 3 is 2.68 bits per heavy atom. The van der Waals surface area contributed by atoms with E-state index < -0.39 is 0 Å². The molecule has 1 aliphatic rings. The van der Waals surface area contributed by atoms with E-state index in [1.807, 2.05) is 0 Å². The highest BCUT2D eigenvalue weighted by molar-refractivity contribution is 9.11. The molecule has 0 spiro atoms. The maximum Gasteiger partial charge on any atom is 0.0701 e. The maximum absolute atomic E-state index is 3.55. The molecule has 1 aromatic rings. The first kappa shape index (κ1) is 15.5. The van der Waals surface area contributed by atoms with Crippen molar-refractivity contribution >= 4 is 27.3 Å². The molecule has 108 valence electrons. The molecule has 1 heterocycles. The maximum atomic E-state index is 3.55. The molecular formula is C15H25BrN2S. The van der Waals surface area contributed by atoms with Crippen molar-refractivity contribution in [1.29, 1.82) is 0 Å². The van der Waals surface area contributed by atoms with E-state index in [4.69, 9.17) is 0 Å². The molecule has 1 N–H and O–H groups in total. The molecule has 2 nitrogen and oxygen atoms in total. The Morgan fingerprint density at radius 2 is 2.11 bits per heavy atom. The summed E-state index contributed by atoms with van der Waals surface area (Å²) in [5.74, 6) is 0. The molecule has 0 amide bonds. The number of rotatable bonds is 6. The average Bonchev–Trinajstić information content (AvgIpc) is 2.75. The molecule has 4 heteroatoms. The van der Waals surface area contributed by atoms with Crippen LogP contribution in [0.1, 0.15) is 37.7 Å². The molecule has 0 bridgehead atoms. The first-order valence-electron chi connectivity index (χ1n) is 7.20. The van der Waals surface area contributed by atoms with Gasteiger partial charge in [0.15, 0.2) is 0 Å². The zero-order chi connectivity index (χ0) is 13.7. The topological polar surface area (TPSA) is 15.3 Å². The fraction of sp³-hybridized carbons (Fsp3) is 0.733. The summed E-state index contributed by atoms with van der Waals surface area (Å²) in [6.07, 6.45) is 6.99. The highest BCUT2D eigenvalue weighted by Gasteiger charge is 2.32. The lowest BCUT2D eigenvalue weighted by Crippen LogP contribution is -2.43. The minimum atomic E-state index is 0.495. The second-order valence-electron chi connectivity index (χ2n) is 6.02. The van der Waals surface area contributed by atoms with E-state index in [9.17, 15) is 0 Å². The Kier molecular flexibility index (Phi) is 5.87. The standard InChI is InChI=1S/C15H25BrN2S/c1-17-11-15(6-4-3-5-7-15)12-18(2)9-13-8-14(16)19-10-13/h8,10,17H,3-7,9,11-12H2,1-2H3. The van der Waals surface area contributed by atoms with E-state index in [1.165, 1.54) is 48.0 Å². The summed E-state index contributed by atoms with van der Waals surface area (Å²) < 4.78 is 1.23. The lowest BCUT2D eigenvalue weighted by atomic mass is 9.73. The SMILES string of the molecule is CNCC1(CN(C)Cc2csc(Br)c2)CCCCC1. The van der Waals surface area contributed by atoms with Gasteiger partial charge in [0.25, 0.3) is 0 Å². The van der Waals surface area contributed by atoms with Crippen LogP contribution in [0.3, 0.4) is 0 Å². The van der Waals surface area contributed by atoms with Gasteiger partial charge < -0.3 is 10.2 Å². The van der Waals surface area contributed by atoms with Crippen LogP contribution in [0.2, 0.25) is 0 Å². The third-order valence-corrected chi connectivity index (χ3v) is 5.70. The van der Waals surface area contributed by atoms with Gasteiger partial charge in [-0.25, -0.2) is 0 Å². The van der Waals surface area contributed by atoms with Gasteiger partial charge >= 0.3 is 0 Å². The van der Waals surface area contributed by atoms with Crippen molar-refractivity contribution in [3.05, 3.63) is 20.8 Å². The van der Waals surface area contributed by atoms with Gasteiger partial charge in [0.2, 0.25) is 0 Å². The lowest BCUT2D eigenvalue weighted by molar-refractivity contribution is 0.116. The lowest BCUT2D eigenvalue weighted by Gasteiger charge is -2.40. The van der Waals surface area contributed by atoms with Crippen molar-refractivity contribution in [2.45, 2.75) is 38.6 Å². The Bertz CT molecular complexity index is 380. The largest absolute Gasteiger partial charge is 0.319 e. The summed E-state index contributed by atoms with van der Waals surface area (Å²) in [7, 11) is 4.35. The van der Waals surface area contributed by atoms with Gasteiger partial charge in [0, 0.05) is 19.6 Å². The molecule has 1 aliphatic carbocycles. The summed E-state index contributed by atoms with van der Waals surface area (Å²) in [6, 6.07) is 2.24. The molecule has 0 unspecified atom stereocenters. The highest BCUT2D eigenvalue weighted by atomic mass is 79.9. The number of nitrogens with one attached hydrogen (secondary N) is 1. The van der Waals surface area contributed by atoms with Crippen LogP contribution in [-0.4, -0.2) is 32.1 Å². The summed E-state index contributed by atoms with van der Waals surface area (Å²) in [6.45, 7) is 3.43. The third kappa shape index (κ3) is 4.55. The van der Waals surface area contributed by atoms with Crippen LogP contribution >= 0.6 is 27.3 Å². The second kappa shape index (κ2) is 7.21. The van der Waals surface area contributed by atoms with Crippen LogP contribution in [-0.2, 0) is 6.54 Å². The normalized spacial score (nSPS) is 18.9. The molecule has 0 aromatic carbocycles. The Hall–Kier alpha value is 0.100. The van der Waals surface area contributed by atoms with Crippen molar-refractivity contribution in [2.75, 3.05) is 27.2 Å². The molecule has 0 saturated heterocycles. The van der Waals surface area contributed by atoms with Crippen LogP contribution in [0.5, 0.6) is 0 Å². The zero-order valence-corrected chi connectivity index (χ0v) is 14.4. The van der Waals surface area contributed by atoms with Gasteiger partial charge in [-0.1, -0.05) is 19.3 Å². The van der Waals surface area contributed by atoms with Crippen molar-refractivity contribution < 1.29 is 0 Å². The number of thiophene rings is 1. The number of hydrogen-bond acceptors (Lipinski definition) is 3. The molecule has 0 radical (unpaired) electrons. The first-order valence-corrected chi connectivity index (χ1v) is 8.87. The fourth-order valence-electron chi connectivity index (χ4n) is 3.44. The summed E-state index contributed by atoms with van der Waals surface area (Å²) in [4.78, 5) is 2.50. The van der Waals surface area contributed by atoms with Gasteiger partial charge in [-0.2, -0.15) is 0 Å². The summed E-state index contributed by atoms with van der Waals surface area (Å²) in [5, 5.41) is 5.68. The van der Waals surface area contributed by atoms with Crippen molar-refractivity contribution in [3.8, 4) is 0 Å². The minimum absolute atomic E-state index is 0.495. The van der Waals surface area contributed by atoms with Crippen LogP contribution in [0, 0.1) is 5.41 Å². The average molecular weight is 345 g/mol. The molecule has 1 saturated carbocycles. The molecule has 1 fully saturated rings. The van der Waals surface area contributed by atoms with Crippen molar-refractivity contribution in [3.63, 3.8) is 0 Å². The smallest absolute Gasteiger partial charge is 0.0701 e. The van der Waals surface area contributed by atoms with Crippen LogP contribution in [0.4, 0.5) is 0 Å². The van der Waals surface area contributed by atoms with Gasteiger partial charge in [-0.05, 0) is 65.3 Å². The second-order valence-corrected chi connectivity index (χ2v) is 8.31. The van der Waals surface area contributed by atoms with Gasteiger partial charge in [0.05, 0.1) is 3.79 Å². The van der Waals surface area contributed by atoms with Gasteiger partial charge in [0.1, 0.15) is 0 Å². The van der Waals surface area contributed by atoms with Crippen LogP contribution in [0.15, 0.2) is 15.2 Å². The zero-order valence-electron chi connectivity index (χ0n) is 12.0. The van der Waals surface area contributed by atoms with Crippen LogP contribution < -0.4 is 5.32 Å². The van der Waals surface area contributed by atoms with Gasteiger partial charge in [-0.15, -0.1) is 11.3 Å². The monoisotopic (exact) mass is 344 g/mol. The third-order valence-electron chi connectivity index (χ3n) is 4.15. The van der Waals surface area contributed by atoms with E-state index in [1.54, 1.807) is 11.3 Å². The van der Waals surface area contributed by atoms with E-state index >= 15 is 0 Å². The van der Waals surface area contributed by atoms with Gasteiger partial charge in [-0.3, -0.25) is 0 Å². The van der Waals surface area contributed by atoms with Crippen LogP contribution in [0.25, 0.3) is 0 Å². The predicted molar refractivity (Wildman–Crippen MR) is 87.8 cm³/mol. The Morgan fingerprint density at radius 1 is 1.37 bits per heavy atom. The Labute approximate surface area is 129 Å². The molecular weight excluding hydrogens is 320 g/mol. The summed E-state index contributed by atoms with van der Waals surface area (Å²) >= 11 is 5.33. The fourth-order valence-corrected chi connectivity index (χ4v) is 4.64. The van der Waals surface area contributed by atoms with Crippen molar-refractivity contribution in [2.24, 2.45) is 5.41 Å². The molecule has 0 atom stereocenters.